The van der Waals surface area contributed by atoms with E-state index in [-0.39, 0.29) is 49.9 Å². The number of cyclic esters (lactones) is 1. The molecule has 0 bridgehead atoms. The van der Waals surface area contributed by atoms with Crippen LogP contribution in [0.2, 0.25) is 0 Å². The second-order valence-corrected chi connectivity index (χ2v) is 10.4. The van der Waals surface area contributed by atoms with Crippen molar-refractivity contribution in [3.63, 3.8) is 0 Å². The van der Waals surface area contributed by atoms with Gasteiger partial charge >= 0.3 is 6.09 Å². The second-order valence-electron chi connectivity index (χ2n) is 9.99. The molecule has 1 atom stereocenters. The molecule has 2 aliphatic rings. The number of nitrogens with one attached hydrogen (secondary N) is 2. The summed E-state index contributed by atoms with van der Waals surface area (Å²) in [6, 6.07) is 10.9. The van der Waals surface area contributed by atoms with Crippen LogP contribution in [0.25, 0.3) is 0 Å². The first kappa shape index (κ1) is 31.5. The lowest BCUT2D eigenvalue weighted by Crippen LogP contribution is -2.49. The van der Waals surface area contributed by atoms with Gasteiger partial charge in [-0.1, -0.05) is 24.4 Å². The summed E-state index contributed by atoms with van der Waals surface area (Å²) in [6.07, 6.45) is -4.23. The standard InChI is InChI=1S/C28H31F3N6O5S/c29-21-13-19(37-16-20(42-28(37)41)14-34-27(43)26(30)31)4-5-22(21)35-8-10-36(11-9-35)25(40)7-6-23(38)17-2-1-3-18(12-17)33-15-24(32)39/h1-5,12-13,20,26,33H,6-11,14-16H2,(H2,32,39)(H,34,43)/t20-/m0/s1. The van der Waals surface area contributed by atoms with Gasteiger partial charge in [-0.15, -0.1) is 0 Å². The summed E-state index contributed by atoms with van der Waals surface area (Å²) in [4.78, 5) is 52.7. The number of benzene rings is 2. The number of alkyl halides is 2. The largest absolute Gasteiger partial charge is 0.442 e. The molecule has 230 valence electrons. The molecule has 0 radical (unpaired) electrons. The molecule has 2 heterocycles. The van der Waals surface area contributed by atoms with Crippen molar-refractivity contribution in [2.45, 2.75) is 25.4 Å². The second kappa shape index (κ2) is 14.2. The van der Waals surface area contributed by atoms with Crippen molar-refractivity contribution in [1.82, 2.24) is 10.2 Å². The van der Waals surface area contributed by atoms with E-state index in [0.717, 1.165) is 0 Å². The van der Waals surface area contributed by atoms with Gasteiger partial charge in [0.05, 0.1) is 31.0 Å². The molecule has 2 aromatic carbocycles. The number of halogens is 3. The number of carbonyl (C=O) groups is 4. The van der Waals surface area contributed by atoms with Gasteiger partial charge in [0.1, 0.15) is 16.9 Å². The smallest absolute Gasteiger partial charge is 0.414 e. The summed E-state index contributed by atoms with van der Waals surface area (Å²) >= 11 is 4.52. The highest BCUT2D eigenvalue weighted by Gasteiger charge is 2.33. The Morgan fingerprint density at radius 1 is 1.07 bits per heavy atom. The molecule has 2 saturated heterocycles. The van der Waals surface area contributed by atoms with Gasteiger partial charge in [-0.25, -0.2) is 18.0 Å². The lowest BCUT2D eigenvalue weighted by atomic mass is 10.1. The SMILES string of the molecule is NC(=O)CNc1cccc(C(=O)CCC(=O)N2CCN(c3ccc(N4C[C@H](CNC(=S)C(F)F)OC4=O)cc3F)CC2)c1. The number of hydrogen-bond donors (Lipinski definition) is 3. The molecule has 2 aromatic rings. The molecule has 2 aliphatic heterocycles. The fraction of sp³-hybridized carbons (Fsp3) is 0.393. The summed E-state index contributed by atoms with van der Waals surface area (Å²) in [5, 5.41) is 5.18. The number of hydrogen-bond acceptors (Lipinski definition) is 8. The predicted molar refractivity (Wildman–Crippen MR) is 157 cm³/mol. The minimum absolute atomic E-state index is 0.0170. The number of nitrogens with two attached hydrogens (primary N) is 1. The zero-order chi connectivity index (χ0) is 31.1. The average molecular weight is 621 g/mol. The zero-order valence-electron chi connectivity index (χ0n) is 23.1. The molecular formula is C28H31F3N6O5S. The quantitative estimate of drug-likeness (QED) is 0.242. The maximum Gasteiger partial charge on any atom is 0.414 e. The fourth-order valence-electron chi connectivity index (χ4n) is 4.76. The monoisotopic (exact) mass is 620 g/mol. The van der Waals surface area contributed by atoms with Crippen molar-refractivity contribution in [3.05, 3.63) is 53.8 Å². The average Bonchev–Trinajstić information content (AvgIpc) is 3.37. The van der Waals surface area contributed by atoms with E-state index >= 15 is 4.39 Å². The van der Waals surface area contributed by atoms with E-state index in [1.54, 1.807) is 40.1 Å². The first-order chi connectivity index (χ1) is 20.5. The molecule has 2 fully saturated rings. The van der Waals surface area contributed by atoms with Crippen molar-refractivity contribution in [2.24, 2.45) is 5.73 Å². The van der Waals surface area contributed by atoms with Crippen LogP contribution in [0.1, 0.15) is 23.2 Å². The number of piperazine rings is 1. The molecule has 0 aliphatic carbocycles. The molecule has 0 spiro atoms. The Morgan fingerprint density at radius 3 is 2.49 bits per heavy atom. The first-order valence-electron chi connectivity index (χ1n) is 13.5. The number of ether oxygens (including phenoxy) is 1. The van der Waals surface area contributed by atoms with Crippen LogP contribution in [0.5, 0.6) is 0 Å². The van der Waals surface area contributed by atoms with E-state index in [2.05, 4.69) is 22.9 Å². The molecule has 0 unspecified atom stereocenters. The lowest BCUT2D eigenvalue weighted by molar-refractivity contribution is -0.131. The van der Waals surface area contributed by atoms with Crippen LogP contribution in [0, 0.1) is 5.82 Å². The number of anilines is 3. The summed E-state index contributed by atoms with van der Waals surface area (Å²) < 4.78 is 45.4. The van der Waals surface area contributed by atoms with Gasteiger partial charge in [-0.05, 0) is 30.3 Å². The van der Waals surface area contributed by atoms with E-state index < -0.39 is 35.3 Å². The van der Waals surface area contributed by atoms with E-state index in [9.17, 15) is 28.0 Å². The number of primary amides is 1. The molecule has 0 aromatic heterocycles. The van der Waals surface area contributed by atoms with Crippen molar-refractivity contribution < 1.29 is 37.1 Å². The Hall–Kier alpha value is -4.40. The molecule has 4 N–H and O–H groups in total. The van der Waals surface area contributed by atoms with Gasteiger partial charge in [-0.3, -0.25) is 19.3 Å². The van der Waals surface area contributed by atoms with E-state index in [4.69, 9.17) is 10.5 Å². The molecule has 3 amide bonds. The fourth-order valence-corrected chi connectivity index (χ4v) is 4.85. The Kier molecular flexibility index (Phi) is 10.4. The minimum atomic E-state index is -2.82. The zero-order valence-corrected chi connectivity index (χ0v) is 23.9. The van der Waals surface area contributed by atoms with Gasteiger partial charge in [-0.2, -0.15) is 0 Å². The normalized spacial score (nSPS) is 16.7. The van der Waals surface area contributed by atoms with Crippen LogP contribution < -0.4 is 26.2 Å². The predicted octanol–water partition coefficient (Wildman–Crippen LogP) is 2.54. The lowest BCUT2D eigenvalue weighted by Gasteiger charge is -2.36. The number of rotatable bonds is 12. The third kappa shape index (κ3) is 8.34. The Morgan fingerprint density at radius 2 is 1.81 bits per heavy atom. The maximum atomic E-state index is 15.1. The maximum absolute atomic E-state index is 15.1. The Bertz CT molecular complexity index is 1390. The molecular weight excluding hydrogens is 589 g/mol. The number of thiocarbonyl (C=S) groups is 1. The molecule has 11 nitrogen and oxygen atoms in total. The van der Waals surface area contributed by atoms with Crippen LogP contribution in [0.15, 0.2) is 42.5 Å². The highest BCUT2D eigenvalue weighted by Crippen LogP contribution is 2.28. The third-order valence-corrected chi connectivity index (χ3v) is 7.33. The number of nitrogens with zero attached hydrogens (tertiary/aromatic N) is 3. The van der Waals surface area contributed by atoms with Gasteiger partial charge in [0.25, 0.3) is 6.43 Å². The van der Waals surface area contributed by atoms with Gasteiger partial charge in [0.15, 0.2) is 5.78 Å². The minimum Gasteiger partial charge on any atom is -0.442 e. The van der Waals surface area contributed by atoms with Crippen molar-refractivity contribution in [2.75, 3.05) is 60.9 Å². The summed E-state index contributed by atoms with van der Waals surface area (Å²) in [5.41, 5.74) is 6.68. The van der Waals surface area contributed by atoms with E-state index in [1.165, 1.54) is 17.0 Å². The van der Waals surface area contributed by atoms with Crippen LogP contribution in [-0.2, 0) is 14.3 Å². The highest BCUT2D eigenvalue weighted by atomic mass is 32.1. The van der Waals surface area contributed by atoms with Gasteiger partial charge < -0.3 is 30.9 Å². The summed E-state index contributed by atoms with van der Waals surface area (Å²) in [5.74, 6) is -1.49. The topological polar surface area (TPSA) is 137 Å². The van der Waals surface area contributed by atoms with Crippen molar-refractivity contribution >= 4 is 58.0 Å². The Balaban J connectivity index is 1.25. The highest BCUT2D eigenvalue weighted by molar-refractivity contribution is 7.80. The van der Waals surface area contributed by atoms with Gasteiger partial charge in [0.2, 0.25) is 11.8 Å². The molecule has 15 heteroatoms. The van der Waals surface area contributed by atoms with Crippen LogP contribution in [0.3, 0.4) is 0 Å². The van der Waals surface area contributed by atoms with Crippen LogP contribution >= 0.6 is 12.2 Å². The summed E-state index contributed by atoms with van der Waals surface area (Å²) in [7, 11) is 0. The number of amides is 3. The summed E-state index contributed by atoms with van der Waals surface area (Å²) in [6.45, 7) is 1.30. The number of carbonyl (C=O) groups excluding carboxylic acids is 4. The van der Waals surface area contributed by atoms with Crippen LogP contribution in [0.4, 0.5) is 35.0 Å². The third-order valence-electron chi connectivity index (χ3n) is 7.01. The first-order valence-corrected chi connectivity index (χ1v) is 13.9. The van der Waals surface area contributed by atoms with Crippen molar-refractivity contribution in [1.29, 1.82) is 0 Å². The van der Waals surface area contributed by atoms with Crippen molar-refractivity contribution in [3.8, 4) is 0 Å². The number of Topliss-reactive ketones (excluding diaryl/α,β-unsaturated/α-hetero) is 1. The number of ketones is 1. The Labute approximate surface area is 251 Å². The van der Waals surface area contributed by atoms with Gasteiger partial charge in [0, 0.05) is 50.3 Å². The molecule has 4 rings (SSSR count). The molecule has 43 heavy (non-hydrogen) atoms. The molecule has 0 saturated carbocycles. The van der Waals surface area contributed by atoms with E-state index in [1.807, 2.05) is 0 Å². The van der Waals surface area contributed by atoms with E-state index in [0.29, 0.717) is 43.1 Å². The van der Waals surface area contributed by atoms with Crippen LogP contribution in [-0.4, -0.2) is 91.9 Å².